The second-order valence-electron chi connectivity index (χ2n) is 14.0. The second kappa shape index (κ2) is 14.0. The van der Waals surface area contributed by atoms with Crippen molar-refractivity contribution in [1.82, 2.24) is 24.7 Å². The van der Waals surface area contributed by atoms with Gasteiger partial charge in [0.1, 0.15) is 0 Å². The minimum absolute atomic E-state index is 0.134. The highest BCUT2D eigenvalue weighted by atomic mass is 35.5. The first kappa shape index (κ1) is 34.4. The molecule has 2 aromatic carbocycles. The predicted octanol–water partition coefficient (Wildman–Crippen LogP) is 7.27. The van der Waals surface area contributed by atoms with Crippen LogP contribution in [-0.4, -0.2) is 97.3 Å². The topological polar surface area (TPSA) is 80.3 Å². The maximum Gasteiger partial charge on any atom is 0.219 e. The number of ether oxygens (including phenoxy) is 3. The monoisotopic (exact) mass is 727 g/mol. The molecule has 0 saturated carbocycles. The van der Waals surface area contributed by atoms with Gasteiger partial charge in [-0.05, 0) is 48.9 Å². The summed E-state index contributed by atoms with van der Waals surface area (Å²) in [6, 6.07) is 16.8. The molecule has 4 heterocycles. The molecule has 0 radical (unpaired) electrons. The highest BCUT2D eigenvalue weighted by Crippen LogP contribution is 2.48. The van der Waals surface area contributed by atoms with Crippen LogP contribution >= 0.6 is 23.2 Å². The molecule has 0 N–H and O–H groups in total. The van der Waals surface area contributed by atoms with Gasteiger partial charge in [-0.2, -0.15) is 0 Å². The first-order valence-electron chi connectivity index (χ1n) is 17.8. The van der Waals surface area contributed by atoms with E-state index in [0.717, 1.165) is 104 Å². The zero-order chi connectivity index (χ0) is 35.4. The van der Waals surface area contributed by atoms with E-state index in [9.17, 15) is 4.79 Å². The van der Waals surface area contributed by atoms with Crippen LogP contribution in [0.15, 0.2) is 48.5 Å². The smallest absolute Gasteiger partial charge is 0.219 e. The van der Waals surface area contributed by atoms with Gasteiger partial charge in [0.05, 0.1) is 41.8 Å². The van der Waals surface area contributed by atoms with Crippen molar-refractivity contribution in [1.29, 1.82) is 0 Å². The summed E-state index contributed by atoms with van der Waals surface area (Å²) < 4.78 is 17.4. The molecule has 2 saturated heterocycles. The number of benzene rings is 2. The van der Waals surface area contributed by atoms with Crippen LogP contribution < -0.4 is 9.47 Å². The van der Waals surface area contributed by atoms with Gasteiger partial charge in [-0.15, -0.1) is 0 Å². The number of fused-ring (bicyclic) bond motifs is 2. The number of halogens is 2. The van der Waals surface area contributed by atoms with Gasteiger partial charge >= 0.3 is 0 Å². The molecule has 0 unspecified atom stereocenters. The highest BCUT2D eigenvalue weighted by Gasteiger charge is 2.39. The molecular formula is C40H43Cl2N5O4. The van der Waals surface area contributed by atoms with Crippen molar-refractivity contribution in [3.05, 3.63) is 80.8 Å². The molecule has 4 aromatic rings. The Morgan fingerprint density at radius 1 is 0.706 bits per heavy atom. The van der Waals surface area contributed by atoms with Crippen LogP contribution in [0, 0.1) is 0 Å². The summed E-state index contributed by atoms with van der Waals surface area (Å²) in [5.41, 5.74) is 9.65. The first-order chi connectivity index (χ1) is 24.8. The summed E-state index contributed by atoms with van der Waals surface area (Å²) >= 11 is 14.5. The lowest BCUT2D eigenvalue weighted by Gasteiger charge is -2.42. The number of nitrogens with zero attached hydrogens (tertiary/aromatic N) is 5. The van der Waals surface area contributed by atoms with Crippen LogP contribution in [0.3, 0.4) is 0 Å². The van der Waals surface area contributed by atoms with Crippen molar-refractivity contribution in [2.75, 3.05) is 60.6 Å². The molecule has 51 heavy (non-hydrogen) atoms. The summed E-state index contributed by atoms with van der Waals surface area (Å²) in [4.78, 5) is 28.8. The van der Waals surface area contributed by atoms with E-state index in [-0.39, 0.29) is 18.0 Å². The second-order valence-corrected chi connectivity index (χ2v) is 14.7. The number of amides is 1. The maximum atomic E-state index is 11.9. The summed E-state index contributed by atoms with van der Waals surface area (Å²) in [6.45, 7) is 6.65. The first-order valence-corrected chi connectivity index (χ1v) is 18.5. The van der Waals surface area contributed by atoms with Gasteiger partial charge in [-0.1, -0.05) is 59.6 Å². The van der Waals surface area contributed by atoms with E-state index >= 15 is 0 Å². The van der Waals surface area contributed by atoms with Crippen molar-refractivity contribution < 1.29 is 19.0 Å². The molecule has 1 amide bonds. The fourth-order valence-electron chi connectivity index (χ4n) is 8.58. The number of piperazine rings is 1. The molecule has 0 spiro atoms. The minimum atomic E-state index is 0.134. The van der Waals surface area contributed by atoms with Crippen molar-refractivity contribution in [3.63, 3.8) is 0 Å². The quantitative estimate of drug-likeness (QED) is 0.188. The third-order valence-corrected chi connectivity index (χ3v) is 12.2. The van der Waals surface area contributed by atoms with Gasteiger partial charge in [0.25, 0.3) is 0 Å². The van der Waals surface area contributed by atoms with Crippen LogP contribution in [0.25, 0.3) is 33.6 Å². The van der Waals surface area contributed by atoms with Crippen LogP contribution in [-0.2, 0) is 22.4 Å². The molecule has 2 atom stereocenters. The lowest BCUT2D eigenvalue weighted by atomic mass is 9.96. The van der Waals surface area contributed by atoms with Crippen LogP contribution in [0.2, 0.25) is 10.0 Å². The SMILES string of the molecule is COc1nc(-c2cccc(-c3cccc(-c4cc5c(c(OC)n4)[C@@H](N4CC(OC)C4)CC5)c3Cl)c2Cl)cc2c1[C@@H](N1CCN(C(C)=O)CC1)CC2. The molecule has 8 rings (SSSR count). The number of carbonyl (C=O) groups excluding carboxylic acids is 1. The van der Waals surface area contributed by atoms with Crippen LogP contribution in [0.4, 0.5) is 0 Å². The third-order valence-electron chi connectivity index (χ3n) is 11.3. The Bertz CT molecular complexity index is 1990. The van der Waals surface area contributed by atoms with Gasteiger partial charge in [-0.25, -0.2) is 9.97 Å². The van der Waals surface area contributed by atoms with Crippen LogP contribution in [0.1, 0.15) is 54.1 Å². The van der Waals surface area contributed by atoms with E-state index in [2.05, 4.69) is 21.9 Å². The molecule has 4 aliphatic rings. The normalized spacial score (nSPS) is 20.6. The zero-order valence-corrected chi connectivity index (χ0v) is 31.1. The van der Waals surface area contributed by atoms with E-state index in [4.69, 9.17) is 47.4 Å². The number of aromatic nitrogens is 2. The average Bonchev–Trinajstić information content (AvgIpc) is 3.76. The molecule has 0 bridgehead atoms. The number of likely N-dealkylation sites (tertiary alicyclic amines) is 1. The van der Waals surface area contributed by atoms with E-state index in [1.54, 1.807) is 28.3 Å². The number of rotatable bonds is 8. The van der Waals surface area contributed by atoms with Crippen molar-refractivity contribution in [2.45, 2.75) is 50.8 Å². The summed E-state index contributed by atoms with van der Waals surface area (Å²) in [7, 11) is 5.15. The van der Waals surface area contributed by atoms with E-state index < -0.39 is 0 Å². The lowest BCUT2D eigenvalue weighted by Crippen LogP contribution is -2.52. The average molecular weight is 729 g/mol. The maximum absolute atomic E-state index is 11.9. The molecule has 11 heteroatoms. The molecule has 2 fully saturated rings. The predicted molar refractivity (Wildman–Crippen MR) is 200 cm³/mol. The van der Waals surface area contributed by atoms with Gasteiger partial charge < -0.3 is 19.1 Å². The molecule has 266 valence electrons. The summed E-state index contributed by atoms with van der Waals surface area (Å²) in [5, 5.41) is 1.16. The van der Waals surface area contributed by atoms with Crippen molar-refractivity contribution in [2.24, 2.45) is 0 Å². The Kier molecular flexibility index (Phi) is 9.44. The summed E-state index contributed by atoms with van der Waals surface area (Å²) in [5.74, 6) is 1.42. The van der Waals surface area contributed by atoms with Gasteiger partial charge in [0.2, 0.25) is 17.7 Å². The Hall–Kier alpha value is -3.73. The standard InChI is InChI=1S/C40H43Cl2N5O4/c1-23(48)45-15-17-46(18-16-45)33-13-11-24-19-31(43-39(50-3)35(24)33)29-9-5-7-27(37(29)41)28-8-6-10-30(38(28)42)32-20-25-12-14-34(36(25)40(44-32)51-4)47-21-26(22-47)49-2/h5-10,19-20,26,33-34H,11-18,21-22H2,1-4H3/t33-,34-/m0/s1. The number of hydrogen-bond donors (Lipinski definition) is 0. The van der Waals surface area contributed by atoms with Gasteiger partial charge in [-0.3, -0.25) is 14.6 Å². The molecule has 2 aliphatic carbocycles. The number of hydrogen-bond acceptors (Lipinski definition) is 8. The molecular weight excluding hydrogens is 685 g/mol. The largest absolute Gasteiger partial charge is 0.481 e. The Balaban J connectivity index is 1.10. The number of carbonyl (C=O) groups is 1. The van der Waals surface area contributed by atoms with Gasteiger partial charge in [0.15, 0.2) is 0 Å². The van der Waals surface area contributed by atoms with Crippen molar-refractivity contribution >= 4 is 29.1 Å². The fourth-order valence-corrected chi connectivity index (χ4v) is 9.23. The molecule has 2 aliphatic heterocycles. The van der Waals surface area contributed by atoms with E-state index in [0.29, 0.717) is 27.9 Å². The zero-order valence-electron chi connectivity index (χ0n) is 29.5. The fraction of sp³-hybridized carbons (Fsp3) is 0.425. The van der Waals surface area contributed by atoms with E-state index in [1.165, 1.54) is 16.7 Å². The van der Waals surface area contributed by atoms with Crippen molar-refractivity contribution in [3.8, 4) is 45.4 Å². The third kappa shape index (κ3) is 6.07. The highest BCUT2D eigenvalue weighted by molar-refractivity contribution is 6.39. The molecule has 9 nitrogen and oxygen atoms in total. The summed E-state index contributed by atoms with van der Waals surface area (Å²) in [6.07, 6.45) is 4.19. The van der Waals surface area contributed by atoms with Crippen LogP contribution in [0.5, 0.6) is 11.8 Å². The Morgan fingerprint density at radius 2 is 1.18 bits per heavy atom. The lowest BCUT2D eigenvalue weighted by molar-refractivity contribution is -0.130. The number of aryl methyl sites for hydroxylation is 2. The Labute approximate surface area is 309 Å². The molecule has 2 aromatic heterocycles. The number of methoxy groups -OCH3 is 3. The number of pyridine rings is 2. The Morgan fingerprint density at radius 3 is 1.63 bits per heavy atom. The van der Waals surface area contributed by atoms with Gasteiger partial charge in [0, 0.05) is 98.8 Å². The van der Waals surface area contributed by atoms with E-state index in [1.807, 2.05) is 41.3 Å². The minimum Gasteiger partial charge on any atom is -0.481 e.